The van der Waals surface area contributed by atoms with Crippen LogP contribution in [-0.4, -0.2) is 50.8 Å². The summed E-state index contributed by atoms with van der Waals surface area (Å²) in [6, 6.07) is 6.24. The number of hydrogen-bond acceptors (Lipinski definition) is 9. The molecule has 0 saturated carbocycles. The lowest BCUT2D eigenvalue weighted by molar-refractivity contribution is 0.174. The molecule has 11 heteroatoms. The van der Waals surface area contributed by atoms with Gasteiger partial charge in [0.2, 0.25) is 6.79 Å². The standard InChI is InChI=1S/C20H20BrN7O2S/c21-13-7-14-15(30-11-29-14)8-16(13)31-20-26-17-18(23)24-10-25-19(17)28(20)6-5-27-3-1-12(9-22)2-4-27/h7-8,10,12H,1-6,11H2,(H2,23,24,25). The summed E-state index contributed by atoms with van der Waals surface area (Å²) < 4.78 is 14.0. The zero-order chi connectivity index (χ0) is 21.4. The van der Waals surface area contributed by atoms with Gasteiger partial charge in [-0.1, -0.05) is 11.8 Å². The van der Waals surface area contributed by atoms with E-state index in [2.05, 4.69) is 41.4 Å². The van der Waals surface area contributed by atoms with Gasteiger partial charge in [-0.25, -0.2) is 15.0 Å². The Morgan fingerprint density at radius 2 is 1.97 bits per heavy atom. The highest BCUT2D eigenvalue weighted by molar-refractivity contribution is 9.10. The van der Waals surface area contributed by atoms with Crippen LogP contribution in [0.4, 0.5) is 5.82 Å². The molecule has 4 heterocycles. The van der Waals surface area contributed by atoms with Gasteiger partial charge in [0.15, 0.2) is 33.6 Å². The third-order valence-electron chi connectivity index (χ3n) is 5.56. The maximum absolute atomic E-state index is 9.13. The maximum atomic E-state index is 9.13. The Morgan fingerprint density at radius 3 is 2.74 bits per heavy atom. The first kappa shape index (κ1) is 20.4. The second-order valence-electron chi connectivity index (χ2n) is 7.46. The van der Waals surface area contributed by atoms with Gasteiger partial charge < -0.3 is 24.7 Å². The molecule has 1 fully saturated rings. The van der Waals surface area contributed by atoms with E-state index >= 15 is 0 Å². The lowest BCUT2D eigenvalue weighted by Crippen LogP contribution is -2.35. The number of aromatic nitrogens is 4. The number of nitriles is 1. The quantitative estimate of drug-likeness (QED) is 0.561. The van der Waals surface area contributed by atoms with Crippen molar-refractivity contribution >= 4 is 44.7 Å². The van der Waals surface area contributed by atoms with Gasteiger partial charge in [0.25, 0.3) is 0 Å². The molecule has 0 unspecified atom stereocenters. The zero-order valence-electron chi connectivity index (χ0n) is 16.6. The van der Waals surface area contributed by atoms with Crippen molar-refractivity contribution in [3.05, 3.63) is 22.9 Å². The third kappa shape index (κ3) is 4.03. The predicted molar refractivity (Wildman–Crippen MR) is 119 cm³/mol. The molecule has 1 saturated heterocycles. The van der Waals surface area contributed by atoms with Gasteiger partial charge in [-0.2, -0.15) is 5.26 Å². The normalized spacial score (nSPS) is 16.6. The van der Waals surface area contributed by atoms with Crippen LogP contribution in [0.2, 0.25) is 0 Å². The number of ether oxygens (including phenoxy) is 2. The summed E-state index contributed by atoms with van der Waals surface area (Å²) in [6.45, 7) is 3.65. The fraction of sp³-hybridized carbons (Fsp3) is 0.400. The number of benzene rings is 1. The summed E-state index contributed by atoms with van der Waals surface area (Å²) in [7, 11) is 0. The first-order chi connectivity index (χ1) is 15.1. The molecule has 5 rings (SSSR count). The molecule has 2 aliphatic rings. The zero-order valence-corrected chi connectivity index (χ0v) is 19.0. The van der Waals surface area contributed by atoms with E-state index in [-0.39, 0.29) is 12.7 Å². The van der Waals surface area contributed by atoms with Crippen molar-refractivity contribution in [3.8, 4) is 17.6 Å². The maximum Gasteiger partial charge on any atom is 0.231 e. The van der Waals surface area contributed by atoms with E-state index in [0.717, 1.165) is 58.4 Å². The number of fused-ring (bicyclic) bond motifs is 2. The van der Waals surface area contributed by atoms with Crippen LogP contribution in [0.1, 0.15) is 12.8 Å². The Labute approximate surface area is 191 Å². The van der Waals surface area contributed by atoms with Crippen molar-refractivity contribution in [2.75, 3.05) is 32.2 Å². The molecular weight excluding hydrogens is 482 g/mol. The fourth-order valence-electron chi connectivity index (χ4n) is 3.82. The van der Waals surface area contributed by atoms with Gasteiger partial charge in [0.05, 0.1) is 6.07 Å². The van der Waals surface area contributed by atoms with E-state index in [9.17, 15) is 0 Å². The number of halogens is 1. The molecule has 0 aliphatic carbocycles. The Bertz CT molecular complexity index is 1170. The van der Waals surface area contributed by atoms with E-state index in [1.165, 1.54) is 18.1 Å². The largest absolute Gasteiger partial charge is 0.454 e. The number of anilines is 1. The summed E-state index contributed by atoms with van der Waals surface area (Å²) >= 11 is 5.14. The van der Waals surface area contributed by atoms with Crippen LogP contribution >= 0.6 is 27.7 Å². The van der Waals surface area contributed by atoms with Crippen molar-refractivity contribution in [1.29, 1.82) is 5.26 Å². The summed E-state index contributed by atoms with van der Waals surface area (Å²) in [5, 5.41) is 9.91. The van der Waals surface area contributed by atoms with Crippen LogP contribution in [0.5, 0.6) is 11.5 Å². The van der Waals surface area contributed by atoms with Crippen LogP contribution in [0, 0.1) is 17.2 Å². The van der Waals surface area contributed by atoms with Gasteiger partial charge >= 0.3 is 0 Å². The van der Waals surface area contributed by atoms with Crippen molar-refractivity contribution in [2.24, 2.45) is 5.92 Å². The number of nitrogen functional groups attached to an aromatic ring is 1. The summed E-state index contributed by atoms with van der Waals surface area (Å²) in [6.07, 6.45) is 3.31. The number of nitrogens with zero attached hydrogens (tertiary/aromatic N) is 6. The average Bonchev–Trinajstić information content (AvgIpc) is 3.37. The Kier molecular flexibility index (Phi) is 5.60. The molecule has 160 valence electrons. The highest BCUT2D eigenvalue weighted by atomic mass is 79.9. The lowest BCUT2D eigenvalue weighted by atomic mass is 9.99. The van der Waals surface area contributed by atoms with Crippen LogP contribution in [0.25, 0.3) is 11.2 Å². The molecule has 9 nitrogen and oxygen atoms in total. The minimum Gasteiger partial charge on any atom is -0.454 e. The number of rotatable bonds is 5. The molecule has 0 atom stereocenters. The molecule has 2 N–H and O–H groups in total. The van der Waals surface area contributed by atoms with Crippen molar-refractivity contribution in [3.63, 3.8) is 0 Å². The molecule has 0 spiro atoms. The van der Waals surface area contributed by atoms with Gasteiger partial charge in [-0.15, -0.1) is 0 Å². The lowest BCUT2D eigenvalue weighted by Gasteiger charge is -2.29. The second-order valence-corrected chi connectivity index (χ2v) is 9.32. The van der Waals surface area contributed by atoms with E-state index in [1.807, 2.05) is 12.1 Å². The van der Waals surface area contributed by atoms with Gasteiger partial charge in [-0.3, -0.25) is 0 Å². The van der Waals surface area contributed by atoms with E-state index in [4.69, 9.17) is 25.5 Å². The van der Waals surface area contributed by atoms with Crippen LogP contribution < -0.4 is 15.2 Å². The number of nitrogens with two attached hydrogens (primary N) is 1. The highest BCUT2D eigenvalue weighted by Gasteiger charge is 2.22. The Balaban J connectivity index is 1.43. The first-order valence-corrected chi connectivity index (χ1v) is 11.6. The minimum absolute atomic E-state index is 0.173. The Hall–Kier alpha value is -2.55. The smallest absolute Gasteiger partial charge is 0.231 e. The number of imidazole rings is 1. The summed E-state index contributed by atoms with van der Waals surface area (Å²) in [4.78, 5) is 16.6. The van der Waals surface area contributed by atoms with Crippen molar-refractivity contribution in [2.45, 2.75) is 29.4 Å². The van der Waals surface area contributed by atoms with E-state index < -0.39 is 0 Å². The van der Waals surface area contributed by atoms with E-state index in [0.29, 0.717) is 23.6 Å². The van der Waals surface area contributed by atoms with E-state index in [1.54, 1.807) is 0 Å². The van der Waals surface area contributed by atoms with Crippen LogP contribution in [0.15, 0.2) is 33.0 Å². The summed E-state index contributed by atoms with van der Waals surface area (Å²) in [5.41, 5.74) is 7.40. The average molecular weight is 502 g/mol. The highest BCUT2D eigenvalue weighted by Crippen LogP contribution is 2.43. The second kappa shape index (κ2) is 8.53. The van der Waals surface area contributed by atoms with Crippen LogP contribution in [-0.2, 0) is 6.54 Å². The molecule has 3 aromatic rings. The molecule has 2 aromatic heterocycles. The van der Waals surface area contributed by atoms with Gasteiger partial charge in [0, 0.05) is 28.4 Å². The predicted octanol–water partition coefficient (Wildman–Crippen LogP) is 3.29. The molecule has 0 radical (unpaired) electrons. The fourth-order valence-corrected chi connectivity index (χ4v) is 5.32. The molecular formula is C20H20BrN7O2S. The van der Waals surface area contributed by atoms with Gasteiger partial charge in [0.1, 0.15) is 6.33 Å². The van der Waals surface area contributed by atoms with Gasteiger partial charge in [-0.05, 0) is 54.0 Å². The first-order valence-electron chi connectivity index (χ1n) is 9.98. The number of piperidine rings is 1. The van der Waals surface area contributed by atoms with Crippen molar-refractivity contribution in [1.82, 2.24) is 24.4 Å². The minimum atomic E-state index is 0.173. The number of hydrogen-bond donors (Lipinski definition) is 1. The molecule has 2 aliphatic heterocycles. The third-order valence-corrected chi connectivity index (χ3v) is 7.53. The molecule has 31 heavy (non-hydrogen) atoms. The molecule has 0 amide bonds. The molecule has 0 bridgehead atoms. The topological polar surface area (TPSA) is 115 Å². The molecule has 1 aromatic carbocycles. The monoisotopic (exact) mass is 501 g/mol. The summed E-state index contributed by atoms with van der Waals surface area (Å²) in [5.74, 6) is 1.98. The SMILES string of the molecule is N#CC1CCN(CCn2c(Sc3cc4c(cc3Br)OCO4)nc3c(N)ncnc32)CC1. The Morgan fingerprint density at radius 1 is 1.19 bits per heavy atom. The number of likely N-dealkylation sites (tertiary alicyclic amines) is 1. The van der Waals surface area contributed by atoms with Crippen molar-refractivity contribution < 1.29 is 9.47 Å². The van der Waals surface area contributed by atoms with Crippen LogP contribution in [0.3, 0.4) is 0 Å².